The van der Waals surface area contributed by atoms with Crippen molar-refractivity contribution in [3.8, 4) is 23.3 Å². The van der Waals surface area contributed by atoms with Gasteiger partial charge in [0.15, 0.2) is 24.0 Å². The molecule has 15 nitrogen and oxygen atoms in total. The van der Waals surface area contributed by atoms with Crippen LogP contribution in [0.1, 0.15) is 18.4 Å². The molecule has 0 saturated heterocycles. The van der Waals surface area contributed by atoms with Gasteiger partial charge in [0.1, 0.15) is 28.0 Å². The highest BCUT2D eigenvalue weighted by atomic mass is 32.2. The molecule has 2 aromatic carbocycles. The highest BCUT2D eigenvalue weighted by Gasteiger charge is 2.30. The molecule has 1 atom stereocenters. The van der Waals surface area contributed by atoms with Crippen LogP contribution in [0, 0.1) is 17.1 Å². The number of halogens is 7. The number of nitrogens with one attached hydrogen (secondary N) is 1. The molecule has 0 radical (unpaired) electrons. The maximum Gasteiger partial charge on any atom is 0.751 e. The normalized spacial score (nSPS) is 11.6. The number of hydrogen-bond donors (Lipinski definition) is 3. The van der Waals surface area contributed by atoms with Crippen LogP contribution >= 0.6 is 19.6 Å². The van der Waals surface area contributed by atoms with Gasteiger partial charge in [0.05, 0.1) is 31.9 Å². The largest absolute Gasteiger partial charge is 0.751 e. The van der Waals surface area contributed by atoms with Crippen molar-refractivity contribution in [2.75, 3.05) is 33.0 Å². The number of thiophene rings is 1. The zero-order valence-electron chi connectivity index (χ0n) is 25.7. The second-order valence-corrected chi connectivity index (χ2v) is 13.0. The summed E-state index contributed by atoms with van der Waals surface area (Å²) in [4.78, 5) is 17.6. The lowest BCUT2D eigenvalue weighted by molar-refractivity contribution is -0.369. The number of carboxylic acid groups (broad SMARTS) is 2. The van der Waals surface area contributed by atoms with Crippen molar-refractivity contribution in [2.45, 2.75) is 29.4 Å². The van der Waals surface area contributed by atoms with Crippen LogP contribution < -0.4 is 40.4 Å². The molecule has 0 amide bonds. The summed E-state index contributed by atoms with van der Waals surface area (Å²) in [7, 11) is -6.82. The van der Waals surface area contributed by atoms with E-state index in [1.807, 2.05) is 0 Å². The number of benzene rings is 2. The molecule has 3 rings (SSSR count). The molecule has 0 bridgehead atoms. The Morgan fingerprint density at radius 3 is 1.88 bits per heavy atom. The van der Waals surface area contributed by atoms with E-state index < -0.39 is 55.1 Å². The van der Waals surface area contributed by atoms with Crippen molar-refractivity contribution in [2.24, 2.45) is 0 Å². The summed E-state index contributed by atoms with van der Waals surface area (Å²) >= 11 is 1.03. The third kappa shape index (κ3) is 16.0. The van der Waals surface area contributed by atoms with E-state index >= 15 is 0 Å². The van der Waals surface area contributed by atoms with Crippen molar-refractivity contribution in [1.29, 1.82) is 5.26 Å². The number of sulfonamides is 1. The van der Waals surface area contributed by atoms with Crippen LogP contribution in [0.4, 0.5) is 30.7 Å². The predicted molar refractivity (Wildman–Crippen MR) is 155 cm³/mol. The van der Waals surface area contributed by atoms with Crippen LogP contribution in [0.25, 0.3) is 10.1 Å². The van der Waals surface area contributed by atoms with Crippen LogP contribution in [0.3, 0.4) is 0 Å². The third-order valence-corrected chi connectivity index (χ3v) is 8.90. The van der Waals surface area contributed by atoms with Crippen LogP contribution in [0.15, 0.2) is 40.6 Å². The number of hydrogen-bond acceptors (Lipinski definition) is 13. The maximum absolute atomic E-state index is 13.6. The van der Waals surface area contributed by atoms with Crippen LogP contribution in [0.5, 0.6) is 17.2 Å². The fourth-order valence-electron chi connectivity index (χ4n) is 2.93. The zero-order chi connectivity index (χ0) is 39.0. The van der Waals surface area contributed by atoms with Crippen molar-refractivity contribution in [3.63, 3.8) is 0 Å². The quantitative estimate of drug-likeness (QED) is 0.0823. The number of carbonyl (C=O) groups is 2. The van der Waals surface area contributed by atoms with Gasteiger partial charge in [-0.3, -0.25) is 0 Å². The highest BCUT2D eigenvalue weighted by Crippen LogP contribution is 2.38. The number of nitriles is 1. The third-order valence-electron chi connectivity index (χ3n) is 5.25. The average molecular weight is 800 g/mol. The van der Waals surface area contributed by atoms with E-state index in [0.29, 0.717) is 34.8 Å². The van der Waals surface area contributed by atoms with E-state index in [4.69, 9.17) is 43.6 Å². The summed E-state index contributed by atoms with van der Waals surface area (Å²) < 4.78 is 139. The van der Waals surface area contributed by atoms with E-state index in [2.05, 4.69) is 16.2 Å². The van der Waals surface area contributed by atoms with Gasteiger partial charge >= 0.3 is 20.6 Å². The van der Waals surface area contributed by atoms with Gasteiger partial charge in [0, 0.05) is 34.2 Å². The molecule has 0 fully saturated rings. The summed E-state index contributed by atoms with van der Waals surface area (Å²) in [6, 6.07) is 9.89. The Kier molecular flexibility index (Phi) is 17.9. The van der Waals surface area contributed by atoms with Crippen molar-refractivity contribution in [1.82, 2.24) is 4.72 Å². The standard InChI is InChI=1S/C22H25FN4O7PS2.2C2HF3O2/c23-18-11-17(4-3-15(18)13-26)34-35(28)33-14-27-37(29,30)22-10-16-9-19(31-7-1-5-24)20(12-21(16)36-22)32-8-2-6-25;2*3-2(4,5)1(6)7/h3-4,9-12,27H,1-2,5-8,14,24-25H2;2*(H,6,7)/q+1;;. The smallest absolute Gasteiger partial charge is 0.542 e. The summed E-state index contributed by atoms with van der Waals surface area (Å²) in [5.74, 6) is -5.97. The fraction of sp³-hybridized carbons (Fsp3) is 0.346. The summed E-state index contributed by atoms with van der Waals surface area (Å²) in [6.07, 6.45) is -8.87. The minimum Gasteiger partial charge on any atom is -0.542 e. The summed E-state index contributed by atoms with van der Waals surface area (Å²) in [5, 5.41) is 27.0. The highest BCUT2D eigenvalue weighted by molar-refractivity contribution is 7.91. The predicted octanol–water partition coefficient (Wildman–Crippen LogP) is 0.520. The fourth-order valence-corrected chi connectivity index (χ4v) is 5.86. The lowest BCUT2D eigenvalue weighted by Gasteiger charge is -2.12. The molecule has 282 valence electrons. The first kappa shape index (κ1) is 44.7. The molecule has 3 aromatic rings. The van der Waals surface area contributed by atoms with Crippen molar-refractivity contribution in [3.05, 3.63) is 47.8 Å². The first-order valence-corrected chi connectivity index (χ1v) is 17.0. The van der Waals surface area contributed by atoms with E-state index in [1.165, 1.54) is 12.1 Å². The summed E-state index contributed by atoms with van der Waals surface area (Å²) in [6.45, 7) is 1.69. The zero-order valence-corrected chi connectivity index (χ0v) is 28.2. The Morgan fingerprint density at radius 2 is 1.43 bits per heavy atom. The molecular weight excluding hydrogens is 772 g/mol. The number of alkyl halides is 6. The lowest BCUT2D eigenvalue weighted by atomic mass is 10.2. The Balaban J connectivity index is 0.000000780. The van der Waals surface area contributed by atoms with Gasteiger partial charge in [-0.15, -0.1) is 11.3 Å². The number of rotatable bonds is 15. The lowest BCUT2D eigenvalue weighted by Crippen LogP contribution is -2.50. The average Bonchev–Trinajstić information content (AvgIpc) is 3.45. The molecule has 0 saturated carbocycles. The first-order valence-electron chi connectivity index (χ1n) is 13.6. The van der Waals surface area contributed by atoms with Gasteiger partial charge in [0.2, 0.25) is 0 Å². The molecule has 51 heavy (non-hydrogen) atoms. The molecule has 7 N–H and O–H groups in total. The maximum atomic E-state index is 13.6. The monoisotopic (exact) mass is 799 g/mol. The van der Waals surface area contributed by atoms with Gasteiger partial charge in [-0.1, -0.05) is 4.52 Å². The SMILES string of the molecule is N#Cc1ccc(O[P+](=O)OCNS(=O)(=O)c2cc3cc(OCCC[NH3+])c(OCCC[NH3+])cc3s2)cc1F.O=C([O-])C(F)(F)F.O=C([O-])C(F)(F)F. The van der Waals surface area contributed by atoms with E-state index in [1.54, 1.807) is 18.2 Å². The first-order chi connectivity index (χ1) is 23.7. The Labute approximate surface area is 288 Å². The number of nitrogens with zero attached hydrogens (tertiary/aromatic N) is 1. The van der Waals surface area contributed by atoms with E-state index in [-0.39, 0.29) is 15.5 Å². The molecule has 0 spiro atoms. The van der Waals surface area contributed by atoms with Gasteiger partial charge in [-0.2, -0.15) is 36.3 Å². The molecule has 1 aromatic heterocycles. The molecule has 1 unspecified atom stereocenters. The second kappa shape index (κ2) is 20.5. The topological polar surface area (TPSA) is 259 Å². The van der Waals surface area contributed by atoms with E-state index in [9.17, 15) is 43.7 Å². The molecular formula is C26H27F7N4O11PS2+. The van der Waals surface area contributed by atoms with Gasteiger partial charge in [-0.25, -0.2) is 17.3 Å². The minimum absolute atomic E-state index is 0.00928. The number of carboxylic acids is 2. The van der Waals surface area contributed by atoms with E-state index in [0.717, 1.165) is 49.4 Å². The van der Waals surface area contributed by atoms with Crippen LogP contribution in [-0.2, 0) is 28.7 Å². The number of ether oxygens (including phenoxy) is 2. The molecule has 0 aliphatic heterocycles. The summed E-state index contributed by atoms with van der Waals surface area (Å²) in [5.41, 5.74) is 7.39. The number of fused-ring (bicyclic) bond motifs is 1. The Bertz CT molecular complexity index is 1730. The van der Waals surface area contributed by atoms with Gasteiger partial charge < -0.3 is 40.7 Å². The molecule has 0 aliphatic rings. The van der Waals surface area contributed by atoms with Gasteiger partial charge in [0.25, 0.3) is 10.0 Å². The number of aliphatic carboxylic acids is 2. The van der Waals surface area contributed by atoms with Crippen molar-refractivity contribution < 1.29 is 93.5 Å². The molecule has 0 aliphatic carbocycles. The minimum atomic E-state index is -5.19. The van der Waals surface area contributed by atoms with Crippen molar-refractivity contribution >= 4 is 51.6 Å². The number of carbonyl (C=O) groups excluding carboxylic acids is 2. The second-order valence-electron chi connectivity index (χ2n) is 9.07. The molecule has 1 heterocycles. The Morgan fingerprint density at radius 1 is 0.922 bits per heavy atom. The molecule has 25 heteroatoms. The Hall–Kier alpha value is -4.37. The van der Waals surface area contributed by atoms with Gasteiger partial charge in [-0.05, 0) is 29.7 Å². The van der Waals surface area contributed by atoms with Crippen LogP contribution in [0.2, 0.25) is 0 Å². The van der Waals surface area contributed by atoms with Crippen LogP contribution in [-0.4, -0.2) is 65.7 Å². The number of quaternary nitrogens is 2.